The van der Waals surface area contributed by atoms with Gasteiger partial charge < -0.3 is 25.8 Å². The van der Waals surface area contributed by atoms with E-state index in [-0.39, 0.29) is 31.9 Å². The summed E-state index contributed by atoms with van der Waals surface area (Å²) in [6, 6.07) is 27.3. The maximum Gasteiger partial charge on any atom is 4.00 e. The number of aromatic nitrogens is 2. The molecule has 0 radical (unpaired) electrons. The molecule has 6 nitrogen and oxygen atoms in total. The van der Waals surface area contributed by atoms with Gasteiger partial charge in [0.2, 0.25) is 0 Å². The number of hydrogen-bond donors (Lipinski definition) is 0. The van der Waals surface area contributed by atoms with E-state index in [1.807, 2.05) is 6.07 Å². The number of para-hydroxylation sites is 1. The van der Waals surface area contributed by atoms with Gasteiger partial charge in [-0.15, -0.1) is 5.69 Å². The van der Waals surface area contributed by atoms with Gasteiger partial charge in [0.15, 0.2) is 0 Å². The van der Waals surface area contributed by atoms with Crippen molar-refractivity contribution in [1.82, 2.24) is 9.55 Å². The van der Waals surface area contributed by atoms with Crippen LogP contribution in [0.2, 0.25) is 0 Å². The zero-order chi connectivity index (χ0) is 30.8. The predicted molar refractivity (Wildman–Crippen MR) is 180 cm³/mol. The molecule has 0 N–H and O–H groups in total. The first-order valence-corrected chi connectivity index (χ1v) is 14.1. The summed E-state index contributed by atoms with van der Waals surface area (Å²) < 4.78 is 2.12. The van der Waals surface area contributed by atoms with E-state index >= 15 is 0 Å². The van der Waals surface area contributed by atoms with E-state index in [9.17, 15) is 0 Å². The molecule has 0 spiro atoms. The summed E-state index contributed by atoms with van der Waals surface area (Å²) in [7, 11) is 12.6. The van der Waals surface area contributed by atoms with Crippen LogP contribution in [-0.2, 0) is 32.9 Å². The van der Waals surface area contributed by atoms with Gasteiger partial charge in [0.1, 0.15) is 0 Å². The van der Waals surface area contributed by atoms with Crippen LogP contribution >= 0.6 is 0 Å². The molecule has 1 heterocycles. The Labute approximate surface area is 274 Å². The normalized spacial score (nSPS) is 10.7. The second kappa shape index (κ2) is 22.0. The topological polar surface area (TPSA) is 74.2 Å². The molecule has 7 heteroatoms. The predicted octanol–water partition coefficient (Wildman–Crippen LogP) is 9.99. The molecular formula is C35H50HfN6. The Balaban J connectivity index is 0.00000150. The van der Waals surface area contributed by atoms with E-state index in [2.05, 4.69) is 134 Å². The summed E-state index contributed by atoms with van der Waals surface area (Å²) in [5.74, 6) is 1.73. The van der Waals surface area contributed by atoms with Crippen molar-refractivity contribution in [2.24, 2.45) is 7.05 Å². The Bertz CT molecular complexity index is 1190. The van der Waals surface area contributed by atoms with Gasteiger partial charge in [-0.05, 0) is 17.9 Å². The Kier molecular flexibility index (Phi) is 20.7. The maximum absolute atomic E-state index is 5.43. The molecule has 1 aromatic heterocycles. The Morgan fingerprint density at radius 1 is 0.619 bits per heavy atom. The van der Waals surface area contributed by atoms with Crippen LogP contribution in [0.15, 0.2) is 85.1 Å². The van der Waals surface area contributed by atoms with Gasteiger partial charge in [0.05, 0.1) is 11.5 Å². The molecule has 0 saturated carbocycles. The summed E-state index contributed by atoms with van der Waals surface area (Å²) in [6.07, 6.45) is 2.10. The summed E-state index contributed by atoms with van der Waals surface area (Å²) in [5, 5.41) is 15.9. The number of hydrogen-bond acceptors (Lipinski definition) is 1. The summed E-state index contributed by atoms with van der Waals surface area (Å²) >= 11 is 0. The van der Waals surface area contributed by atoms with Crippen LogP contribution in [0.25, 0.3) is 32.5 Å². The molecule has 0 aliphatic heterocycles. The molecule has 1 atom stereocenters. The summed E-state index contributed by atoms with van der Waals surface area (Å²) in [6.45, 7) is 8.96. The second-order valence-corrected chi connectivity index (χ2v) is 10.3. The number of nitrogens with zero attached hydrogens (tertiary/aromatic N) is 6. The molecule has 0 aliphatic carbocycles. The smallest absolute Gasteiger partial charge is 0.671 e. The van der Waals surface area contributed by atoms with Crippen LogP contribution in [-0.4, -0.2) is 51.8 Å². The minimum atomic E-state index is -0.184. The molecule has 0 fully saturated rings. The Morgan fingerprint density at radius 3 is 1.48 bits per heavy atom. The van der Waals surface area contributed by atoms with Crippen LogP contribution in [0.5, 0.6) is 0 Å². The van der Waals surface area contributed by atoms with Crippen molar-refractivity contribution in [3.63, 3.8) is 0 Å². The average Bonchev–Trinajstić information content (AvgIpc) is 3.35. The number of benzene rings is 3. The number of aryl methyl sites for hydroxylation is 1. The fourth-order valence-corrected chi connectivity index (χ4v) is 4.19. The quantitative estimate of drug-likeness (QED) is 0.174. The van der Waals surface area contributed by atoms with Crippen LogP contribution in [0.4, 0.5) is 5.69 Å². The minimum Gasteiger partial charge on any atom is -0.671 e. The molecule has 0 amide bonds. The largest absolute Gasteiger partial charge is 4.00 e. The molecule has 224 valence electrons. The zero-order valence-corrected chi connectivity index (χ0v) is 31.1. The van der Waals surface area contributed by atoms with E-state index in [4.69, 9.17) is 10.3 Å². The van der Waals surface area contributed by atoms with Gasteiger partial charge in [-0.2, -0.15) is 42.3 Å². The third kappa shape index (κ3) is 12.3. The summed E-state index contributed by atoms with van der Waals surface area (Å²) in [5.41, 5.74) is 6.92. The second-order valence-electron chi connectivity index (χ2n) is 10.3. The van der Waals surface area contributed by atoms with Crippen LogP contribution in [0.1, 0.15) is 68.1 Å². The van der Waals surface area contributed by atoms with E-state index in [0.29, 0.717) is 11.8 Å². The molecule has 3 aromatic carbocycles. The third-order valence-electron chi connectivity index (χ3n) is 5.94. The number of rotatable bonds is 7. The molecule has 0 aliphatic rings. The average molecular weight is 733 g/mol. The Morgan fingerprint density at radius 2 is 1.05 bits per heavy atom. The monoisotopic (exact) mass is 734 g/mol. The van der Waals surface area contributed by atoms with E-state index in [1.54, 1.807) is 42.3 Å². The molecule has 4 aromatic rings. The van der Waals surface area contributed by atoms with Crippen molar-refractivity contribution in [3.8, 4) is 11.3 Å². The van der Waals surface area contributed by atoms with Gasteiger partial charge in [0, 0.05) is 18.8 Å². The first-order chi connectivity index (χ1) is 19.7. The molecule has 42 heavy (non-hydrogen) atoms. The van der Waals surface area contributed by atoms with Gasteiger partial charge in [-0.1, -0.05) is 123 Å². The first kappa shape index (κ1) is 39.4. The van der Waals surface area contributed by atoms with Crippen LogP contribution in [0.3, 0.4) is 0 Å². The zero-order valence-electron chi connectivity index (χ0n) is 27.5. The van der Waals surface area contributed by atoms with Crippen molar-refractivity contribution >= 4 is 5.69 Å². The molecular weight excluding hydrogens is 683 g/mol. The standard InChI is InChI=1S/C29H32N3.3C2H6N.Hf/c1-20(2)24-17-12-18-25(21(3)4)28(24)31-27(23-15-10-7-11-16-23)29-30-26(19-32(29)5)22-13-8-6-9-14-22;3*1-3-2;/h6-21,27H,1-5H3;3*1-2H3;/q4*-1;+4. The third-order valence-corrected chi connectivity index (χ3v) is 5.94. The Hall–Kier alpha value is -2.58. The van der Waals surface area contributed by atoms with Crippen LogP contribution < -0.4 is 0 Å². The van der Waals surface area contributed by atoms with E-state index < -0.39 is 0 Å². The van der Waals surface area contributed by atoms with Crippen molar-refractivity contribution in [3.05, 3.63) is 129 Å². The molecule has 0 saturated heterocycles. The maximum atomic E-state index is 5.43. The van der Waals surface area contributed by atoms with Crippen molar-refractivity contribution in [2.75, 3.05) is 42.3 Å². The minimum absolute atomic E-state index is 0. The van der Waals surface area contributed by atoms with Crippen molar-refractivity contribution < 1.29 is 25.8 Å². The van der Waals surface area contributed by atoms with E-state index in [1.165, 1.54) is 11.1 Å². The fraction of sp³-hybridized carbons (Fsp3) is 0.400. The first-order valence-electron chi connectivity index (χ1n) is 14.1. The van der Waals surface area contributed by atoms with Gasteiger partial charge in [-0.3, -0.25) is 0 Å². The van der Waals surface area contributed by atoms with Crippen LogP contribution in [0, 0.1) is 0 Å². The van der Waals surface area contributed by atoms with Gasteiger partial charge in [-0.25, -0.2) is 4.98 Å². The van der Waals surface area contributed by atoms with E-state index in [0.717, 1.165) is 28.3 Å². The van der Waals surface area contributed by atoms with Crippen molar-refractivity contribution in [1.29, 1.82) is 0 Å². The van der Waals surface area contributed by atoms with Crippen molar-refractivity contribution in [2.45, 2.75) is 45.6 Å². The molecule has 1 unspecified atom stereocenters. The molecule has 0 bridgehead atoms. The molecule has 4 rings (SSSR count). The SMILES string of the molecule is CC(C)c1cccc(C(C)C)c1[N-]C(c1ccccc1)c1nc(-c2ccccc2)cn1C.C[N-]C.C[N-]C.C[N-]C.[Hf+4]. The number of imidazole rings is 1. The van der Waals surface area contributed by atoms with Gasteiger partial charge in [0.25, 0.3) is 0 Å². The fourth-order valence-electron chi connectivity index (χ4n) is 4.19. The summed E-state index contributed by atoms with van der Waals surface area (Å²) in [4.78, 5) is 5.07. The van der Waals surface area contributed by atoms with Gasteiger partial charge >= 0.3 is 25.8 Å².